The van der Waals surface area contributed by atoms with Gasteiger partial charge in [-0.2, -0.15) is 0 Å². The summed E-state index contributed by atoms with van der Waals surface area (Å²) in [5, 5.41) is 0. The summed E-state index contributed by atoms with van der Waals surface area (Å²) in [6.07, 6.45) is 18.7. The molecule has 2 unspecified atom stereocenters. The Morgan fingerprint density at radius 2 is 1.11 bits per heavy atom. The van der Waals surface area contributed by atoms with Crippen molar-refractivity contribution < 1.29 is 0 Å². The molecule has 0 bridgehead atoms. The van der Waals surface area contributed by atoms with Crippen LogP contribution in [0.1, 0.15) is 97.3 Å². The maximum atomic E-state index is 2.71. The zero-order chi connectivity index (χ0) is 13.9. The largest absolute Gasteiger partial charge is 0.300 e. The number of rotatable bonds is 11. The van der Waals surface area contributed by atoms with Gasteiger partial charge in [0.1, 0.15) is 0 Å². The zero-order valence-electron chi connectivity index (χ0n) is 13.8. The number of hydrogen-bond donors (Lipinski definition) is 0. The molecule has 0 aliphatic carbocycles. The topological polar surface area (TPSA) is 3.24 Å². The maximum absolute atomic E-state index is 2.71. The Labute approximate surface area is 122 Å². The van der Waals surface area contributed by atoms with Crippen LogP contribution >= 0.6 is 0 Å². The second-order valence-corrected chi connectivity index (χ2v) is 6.60. The van der Waals surface area contributed by atoms with Gasteiger partial charge in [-0.3, -0.25) is 0 Å². The minimum atomic E-state index is 0.900. The standard InChI is InChI=1S/C18H37N/c1-4-6-8-10-12-14-18-16-15-17(19(18)3)13-11-9-7-5-2/h17-18H,4-16H2,1-3H3. The molecule has 2 atom stereocenters. The SMILES string of the molecule is CCCCCCCC1CCC(CCCCCC)N1C. The van der Waals surface area contributed by atoms with E-state index >= 15 is 0 Å². The van der Waals surface area contributed by atoms with E-state index in [9.17, 15) is 0 Å². The third-order valence-electron chi connectivity index (χ3n) is 5.02. The van der Waals surface area contributed by atoms with Gasteiger partial charge in [-0.15, -0.1) is 0 Å². The van der Waals surface area contributed by atoms with Crippen molar-refractivity contribution in [1.82, 2.24) is 4.90 Å². The van der Waals surface area contributed by atoms with E-state index in [1.54, 1.807) is 0 Å². The summed E-state index contributed by atoms with van der Waals surface area (Å²) >= 11 is 0. The van der Waals surface area contributed by atoms with E-state index in [1.807, 2.05) is 0 Å². The molecule has 1 saturated heterocycles. The smallest absolute Gasteiger partial charge is 0.00957 e. The van der Waals surface area contributed by atoms with Crippen LogP contribution in [0.2, 0.25) is 0 Å². The van der Waals surface area contributed by atoms with Crippen molar-refractivity contribution in [3.05, 3.63) is 0 Å². The van der Waals surface area contributed by atoms with Crippen LogP contribution < -0.4 is 0 Å². The van der Waals surface area contributed by atoms with Crippen molar-refractivity contribution in [3.63, 3.8) is 0 Å². The van der Waals surface area contributed by atoms with E-state index in [4.69, 9.17) is 0 Å². The summed E-state index contributed by atoms with van der Waals surface area (Å²) in [7, 11) is 2.38. The lowest BCUT2D eigenvalue weighted by atomic mass is 10.0. The molecule has 0 N–H and O–H groups in total. The van der Waals surface area contributed by atoms with Crippen molar-refractivity contribution in [2.75, 3.05) is 7.05 Å². The third-order valence-corrected chi connectivity index (χ3v) is 5.02. The van der Waals surface area contributed by atoms with Crippen molar-refractivity contribution in [2.45, 2.75) is 109 Å². The van der Waals surface area contributed by atoms with Gasteiger partial charge in [-0.05, 0) is 32.7 Å². The lowest BCUT2D eigenvalue weighted by Crippen LogP contribution is -2.32. The molecule has 114 valence electrons. The molecular formula is C18H37N. The van der Waals surface area contributed by atoms with Gasteiger partial charge in [0.2, 0.25) is 0 Å². The van der Waals surface area contributed by atoms with Crippen LogP contribution in [0, 0.1) is 0 Å². The Bertz CT molecular complexity index is 202. The lowest BCUT2D eigenvalue weighted by molar-refractivity contribution is 0.215. The Kier molecular flexibility index (Phi) is 9.59. The van der Waals surface area contributed by atoms with Gasteiger partial charge in [-0.1, -0.05) is 71.6 Å². The highest BCUT2D eigenvalue weighted by Crippen LogP contribution is 2.29. The second kappa shape index (κ2) is 10.7. The lowest BCUT2D eigenvalue weighted by Gasteiger charge is -2.26. The maximum Gasteiger partial charge on any atom is 0.00957 e. The monoisotopic (exact) mass is 267 g/mol. The number of likely N-dealkylation sites (tertiary alicyclic amines) is 1. The van der Waals surface area contributed by atoms with E-state index in [1.165, 1.54) is 83.5 Å². The van der Waals surface area contributed by atoms with Crippen LogP contribution in [-0.4, -0.2) is 24.0 Å². The highest BCUT2D eigenvalue weighted by Gasteiger charge is 2.28. The molecule has 0 amide bonds. The van der Waals surface area contributed by atoms with Crippen molar-refractivity contribution in [2.24, 2.45) is 0 Å². The molecule has 1 rings (SSSR count). The Balaban J connectivity index is 2.07. The molecular weight excluding hydrogens is 230 g/mol. The molecule has 0 aromatic carbocycles. The van der Waals surface area contributed by atoms with Crippen LogP contribution in [0.3, 0.4) is 0 Å². The molecule has 1 aliphatic rings. The fourth-order valence-corrected chi connectivity index (χ4v) is 3.58. The van der Waals surface area contributed by atoms with Crippen molar-refractivity contribution in [3.8, 4) is 0 Å². The summed E-state index contributed by atoms with van der Waals surface area (Å²) in [5.74, 6) is 0. The predicted molar refractivity (Wildman–Crippen MR) is 86.7 cm³/mol. The quantitative estimate of drug-likeness (QED) is 0.429. The highest BCUT2D eigenvalue weighted by atomic mass is 15.2. The van der Waals surface area contributed by atoms with Crippen molar-refractivity contribution >= 4 is 0 Å². The molecule has 1 fully saturated rings. The molecule has 19 heavy (non-hydrogen) atoms. The Hall–Kier alpha value is -0.0400. The van der Waals surface area contributed by atoms with Gasteiger partial charge in [-0.25, -0.2) is 0 Å². The first-order chi connectivity index (χ1) is 9.29. The van der Waals surface area contributed by atoms with Crippen LogP contribution in [0.15, 0.2) is 0 Å². The summed E-state index contributed by atoms with van der Waals surface area (Å²) in [4.78, 5) is 2.71. The molecule has 1 heteroatoms. The average Bonchev–Trinajstić information content (AvgIpc) is 2.76. The summed E-state index contributed by atoms with van der Waals surface area (Å²) in [5.41, 5.74) is 0. The molecule has 0 saturated carbocycles. The molecule has 1 aliphatic heterocycles. The summed E-state index contributed by atoms with van der Waals surface area (Å²) in [6.45, 7) is 4.60. The van der Waals surface area contributed by atoms with E-state index in [-0.39, 0.29) is 0 Å². The third kappa shape index (κ3) is 6.79. The minimum Gasteiger partial charge on any atom is -0.300 e. The number of hydrogen-bond acceptors (Lipinski definition) is 1. The molecule has 1 heterocycles. The van der Waals surface area contributed by atoms with E-state index in [0.29, 0.717) is 0 Å². The first-order valence-electron chi connectivity index (χ1n) is 9.01. The van der Waals surface area contributed by atoms with Gasteiger partial charge in [0.05, 0.1) is 0 Å². The first-order valence-corrected chi connectivity index (χ1v) is 9.01. The molecule has 1 nitrogen and oxygen atoms in total. The molecule has 0 aromatic rings. The molecule has 0 spiro atoms. The van der Waals surface area contributed by atoms with E-state index < -0.39 is 0 Å². The van der Waals surface area contributed by atoms with Gasteiger partial charge >= 0.3 is 0 Å². The number of unbranched alkanes of at least 4 members (excludes halogenated alkanes) is 7. The van der Waals surface area contributed by atoms with Crippen LogP contribution in [0.4, 0.5) is 0 Å². The Morgan fingerprint density at radius 3 is 1.58 bits per heavy atom. The van der Waals surface area contributed by atoms with Gasteiger partial charge in [0.25, 0.3) is 0 Å². The summed E-state index contributed by atoms with van der Waals surface area (Å²) in [6, 6.07) is 1.80. The summed E-state index contributed by atoms with van der Waals surface area (Å²) < 4.78 is 0. The predicted octanol–water partition coefficient (Wildman–Crippen LogP) is 5.78. The average molecular weight is 268 g/mol. The fraction of sp³-hybridized carbons (Fsp3) is 1.00. The van der Waals surface area contributed by atoms with Crippen LogP contribution in [-0.2, 0) is 0 Å². The van der Waals surface area contributed by atoms with Crippen LogP contribution in [0.25, 0.3) is 0 Å². The first kappa shape index (κ1) is 17.0. The van der Waals surface area contributed by atoms with Gasteiger partial charge < -0.3 is 4.90 Å². The van der Waals surface area contributed by atoms with Crippen LogP contribution in [0.5, 0.6) is 0 Å². The fourth-order valence-electron chi connectivity index (χ4n) is 3.58. The zero-order valence-corrected chi connectivity index (χ0v) is 13.8. The van der Waals surface area contributed by atoms with Gasteiger partial charge in [0, 0.05) is 12.1 Å². The second-order valence-electron chi connectivity index (χ2n) is 6.60. The number of nitrogens with zero attached hydrogens (tertiary/aromatic N) is 1. The molecule has 0 radical (unpaired) electrons. The Morgan fingerprint density at radius 1 is 0.684 bits per heavy atom. The van der Waals surface area contributed by atoms with Gasteiger partial charge in [0.15, 0.2) is 0 Å². The van der Waals surface area contributed by atoms with Crippen molar-refractivity contribution in [1.29, 1.82) is 0 Å². The normalized spacial score (nSPS) is 24.2. The minimum absolute atomic E-state index is 0.900. The van der Waals surface area contributed by atoms with E-state index in [0.717, 1.165) is 12.1 Å². The molecule has 0 aromatic heterocycles. The highest BCUT2D eigenvalue weighted by molar-refractivity contribution is 4.85. The van der Waals surface area contributed by atoms with E-state index in [2.05, 4.69) is 25.8 Å².